The summed E-state index contributed by atoms with van der Waals surface area (Å²) >= 11 is 0. The Hall–Kier alpha value is -2.19. The zero-order valence-corrected chi connectivity index (χ0v) is 13.3. The quantitative estimate of drug-likeness (QED) is 0.703. The largest absolute Gasteiger partial charge is 0.381 e. The van der Waals surface area contributed by atoms with Gasteiger partial charge in [-0.2, -0.15) is 0 Å². The van der Waals surface area contributed by atoms with Crippen molar-refractivity contribution in [3.63, 3.8) is 0 Å². The molecular weight excluding hydrogens is 287 g/mol. The van der Waals surface area contributed by atoms with Crippen LogP contribution in [0.25, 0.3) is 10.8 Å². The van der Waals surface area contributed by atoms with Crippen LogP contribution in [-0.2, 0) is 12.0 Å². The number of alkyl halides is 1. The summed E-state index contributed by atoms with van der Waals surface area (Å²) in [6.45, 7) is 1.47. The second kappa shape index (κ2) is 6.51. The van der Waals surface area contributed by atoms with Crippen LogP contribution in [0.2, 0.25) is 0 Å². The van der Waals surface area contributed by atoms with E-state index in [1.54, 1.807) is 0 Å². The van der Waals surface area contributed by atoms with Crippen molar-refractivity contribution in [3.8, 4) is 0 Å². The van der Waals surface area contributed by atoms with Crippen molar-refractivity contribution in [1.82, 2.24) is 0 Å². The molecule has 0 fully saturated rings. The van der Waals surface area contributed by atoms with Crippen molar-refractivity contribution in [2.75, 3.05) is 6.67 Å². The predicted octanol–water partition coefficient (Wildman–Crippen LogP) is 5.00. The molecule has 2 heteroatoms. The van der Waals surface area contributed by atoms with Gasteiger partial charge in [0.2, 0.25) is 0 Å². The topological polar surface area (TPSA) is 20.2 Å². The number of fused-ring (bicyclic) bond motifs is 1. The number of rotatable bonds is 5. The Morgan fingerprint density at radius 3 is 2.39 bits per heavy atom. The smallest absolute Gasteiger partial charge is 0.112 e. The average Bonchev–Trinajstić information content (AvgIpc) is 2.59. The first-order chi connectivity index (χ1) is 11.1. The molecule has 1 N–H and O–H groups in total. The number of hydrogen-bond acceptors (Lipinski definition) is 1. The van der Waals surface area contributed by atoms with Gasteiger partial charge in [0.1, 0.15) is 5.60 Å². The molecule has 0 aromatic heterocycles. The molecule has 118 valence electrons. The van der Waals surface area contributed by atoms with Crippen LogP contribution in [-0.4, -0.2) is 11.8 Å². The van der Waals surface area contributed by atoms with E-state index in [0.717, 1.165) is 27.5 Å². The van der Waals surface area contributed by atoms with E-state index in [-0.39, 0.29) is 6.67 Å². The summed E-state index contributed by atoms with van der Waals surface area (Å²) in [5.41, 5.74) is 1.60. The van der Waals surface area contributed by atoms with Gasteiger partial charge in [-0.1, -0.05) is 60.7 Å². The van der Waals surface area contributed by atoms with Crippen molar-refractivity contribution in [2.45, 2.75) is 25.4 Å². The van der Waals surface area contributed by atoms with Gasteiger partial charge < -0.3 is 5.11 Å². The minimum absolute atomic E-state index is 0.341. The number of hydrogen-bond donors (Lipinski definition) is 1. The summed E-state index contributed by atoms with van der Waals surface area (Å²) in [4.78, 5) is 0. The molecule has 0 radical (unpaired) electrons. The first-order valence-corrected chi connectivity index (χ1v) is 7.99. The highest BCUT2D eigenvalue weighted by molar-refractivity contribution is 5.83. The van der Waals surface area contributed by atoms with Gasteiger partial charge in [0.25, 0.3) is 0 Å². The van der Waals surface area contributed by atoms with E-state index in [1.165, 1.54) is 0 Å². The van der Waals surface area contributed by atoms with Gasteiger partial charge in [-0.25, -0.2) is 0 Å². The van der Waals surface area contributed by atoms with Gasteiger partial charge in [-0.3, -0.25) is 4.39 Å². The minimum atomic E-state index is -1.10. The Kier molecular flexibility index (Phi) is 4.44. The van der Waals surface area contributed by atoms with Crippen molar-refractivity contribution in [2.24, 2.45) is 0 Å². The van der Waals surface area contributed by atoms with Crippen LogP contribution in [0.1, 0.15) is 30.0 Å². The van der Waals surface area contributed by atoms with Crippen LogP contribution < -0.4 is 0 Å². The Morgan fingerprint density at radius 2 is 1.61 bits per heavy atom. The zero-order chi connectivity index (χ0) is 16.3. The normalized spacial score (nSPS) is 13.9. The molecule has 3 aromatic carbocycles. The maximum Gasteiger partial charge on any atom is 0.112 e. The molecule has 0 aliphatic heterocycles. The van der Waals surface area contributed by atoms with Crippen LogP contribution in [0.4, 0.5) is 4.39 Å². The molecule has 0 bridgehead atoms. The molecular formula is C21H21FO. The van der Waals surface area contributed by atoms with Crippen LogP contribution in [0, 0.1) is 0 Å². The first-order valence-electron chi connectivity index (χ1n) is 7.99. The SMILES string of the molecule is CC(O)(c1ccc2ccccc2c1)c1ccccc1CCCF. The molecule has 1 atom stereocenters. The van der Waals surface area contributed by atoms with Gasteiger partial charge in [0.05, 0.1) is 6.67 Å². The standard InChI is InChI=1S/C21H21FO/c1-21(23,20-11-5-4-8-17(20)10-6-14-22)19-13-12-16-7-2-3-9-18(16)15-19/h2-5,7-9,11-13,15,23H,6,10,14H2,1H3. The zero-order valence-electron chi connectivity index (χ0n) is 13.3. The van der Waals surface area contributed by atoms with E-state index in [0.29, 0.717) is 12.8 Å². The van der Waals surface area contributed by atoms with Crippen LogP contribution in [0.3, 0.4) is 0 Å². The first kappa shape index (κ1) is 15.7. The van der Waals surface area contributed by atoms with Gasteiger partial charge in [-0.05, 0) is 53.3 Å². The fourth-order valence-corrected chi connectivity index (χ4v) is 3.12. The highest BCUT2D eigenvalue weighted by atomic mass is 19.1. The van der Waals surface area contributed by atoms with E-state index in [2.05, 4.69) is 6.07 Å². The summed E-state index contributed by atoms with van der Waals surface area (Å²) < 4.78 is 12.5. The molecule has 0 saturated heterocycles. The average molecular weight is 308 g/mol. The third-order valence-electron chi connectivity index (χ3n) is 4.43. The van der Waals surface area contributed by atoms with E-state index in [4.69, 9.17) is 0 Å². The number of benzene rings is 3. The minimum Gasteiger partial charge on any atom is -0.381 e. The highest BCUT2D eigenvalue weighted by Gasteiger charge is 2.28. The van der Waals surface area contributed by atoms with E-state index < -0.39 is 5.60 Å². The Labute approximate surface area is 136 Å². The summed E-state index contributed by atoms with van der Waals surface area (Å²) in [7, 11) is 0. The molecule has 0 aliphatic rings. The van der Waals surface area contributed by atoms with E-state index >= 15 is 0 Å². The molecule has 0 heterocycles. The lowest BCUT2D eigenvalue weighted by atomic mass is 9.83. The molecule has 23 heavy (non-hydrogen) atoms. The van der Waals surface area contributed by atoms with Crippen LogP contribution >= 0.6 is 0 Å². The monoisotopic (exact) mass is 308 g/mol. The number of aliphatic hydroxyl groups is 1. The van der Waals surface area contributed by atoms with Crippen molar-refractivity contribution in [3.05, 3.63) is 83.4 Å². The predicted molar refractivity (Wildman–Crippen MR) is 93.4 cm³/mol. The lowest BCUT2D eigenvalue weighted by Crippen LogP contribution is -2.24. The second-order valence-corrected chi connectivity index (χ2v) is 6.08. The highest BCUT2D eigenvalue weighted by Crippen LogP contribution is 2.33. The number of halogens is 1. The molecule has 1 nitrogen and oxygen atoms in total. The Balaban J connectivity index is 2.06. The van der Waals surface area contributed by atoms with Gasteiger partial charge >= 0.3 is 0 Å². The molecule has 0 spiro atoms. The molecule has 0 saturated carbocycles. The summed E-state index contributed by atoms with van der Waals surface area (Å²) in [6, 6.07) is 21.9. The van der Waals surface area contributed by atoms with E-state index in [1.807, 2.05) is 67.6 Å². The van der Waals surface area contributed by atoms with Crippen LogP contribution in [0.15, 0.2) is 66.7 Å². The third kappa shape index (κ3) is 3.13. The molecule has 1 unspecified atom stereocenters. The molecule has 3 aromatic rings. The second-order valence-electron chi connectivity index (χ2n) is 6.08. The Morgan fingerprint density at radius 1 is 0.913 bits per heavy atom. The van der Waals surface area contributed by atoms with Gasteiger partial charge in [0.15, 0.2) is 0 Å². The number of aryl methyl sites for hydroxylation is 1. The molecule has 0 amide bonds. The maximum atomic E-state index is 12.5. The third-order valence-corrected chi connectivity index (χ3v) is 4.43. The van der Waals surface area contributed by atoms with Crippen molar-refractivity contribution < 1.29 is 9.50 Å². The molecule has 0 aliphatic carbocycles. The lowest BCUT2D eigenvalue weighted by Gasteiger charge is -2.27. The fraction of sp³-hybridized carbons (Fsp3) is 0.238. The van der Waals surface area contributed by atoms with Crippen LogP contribution in [0.5, 0.6) is 0 Å². The van der Waals surface area contributed by atoms with Crippen molar-refractivity contribution in [1.29, 1.82) is 0 Å². The van der Waals surface area contributed by atoms with Gasteiger partial charge in [-0.15, -0.1) is 0 Å². The lowest BCUT2D eigenvalue weighted by molar-refractivity contribution is 0.101. The summed E-state index contributed by atoms with van der Waals surface area (Å²) in [5, 5.41) is 13.5. The summed E-state index contributed by atoms with van der Waals surface area (Å²) in [5.74, 6) is 0. The van der Waals surface area contributed by atoms with E-state index in [9.17, 15) is 9.50 Å². The Bertz CT molecular complexity index is 808. The molecule has 3 rings (SSSR count). The van der Waals surface area contributed by atoms with Gasteiger partial charge in [0, 0.05) is 0 Å². The fourth-order valence-electron chi connectivity index (χ4n) is 3.12. The summed E-state index contributed by atoms with van der Waals surface area (Å²) in [6.07, 6.45) is 1.11. The maximum absolute atomic E-state index is 12.5. The van der Waals surface area contributed by atoms with Crippen molar-refractivity contribution >= 4 is 10.8 Å².